The van der Waals surface area contributed by atoms with Crippen molar-refractivity contribution < 1.29 is 15.0 Å². The zero-order valence-electron chi connectivity index (χ0n) is 22.7. The van der Waals surface area contributed by atoms with Gasteiger partial charge in [0.15, 0.2) is 0 Å². The second kappa shape index (κ2) is 7.24. The molecule has 0 amide bonds. The molecule has 5 aliphatic carbocycles. The Hall–Kier alpha value is -1.09. The van der Waals surface area contributed by atoms with E-state index in [0.717, 1.165) is 25.2 Å². The van der Waals surface area contributed by atoms with Crippen LogP contribution in [0.2, 0.25) is 0 Å². The molecule has 4 saturated carbocycles. The van der Waals surface area contributed by atoms with E-state index in [9.17, 15) is 15.0 Å². The van der Waals surface area contributed by atoms with Gasteiger partial charge in [0.2, 0.25) is 0 Å². The van der Waals surface area contributed by atoms with Gasteiger partial charge in [0.1, 0.15) is 0 Å². The Morgan fingerprint density at radius 1 is 0.971 bits per heavy atom. The van der Waals surface area contributed by atoms with E-state index < -0.39 is 17.5 Å². The molecule has 0 aromatic carbocycles. The van der Waals surface area contributed by atoms with Crippen LogP contribution in [0.1, 0.15) is 99.8 Å². The van der Waals surface area contributed by atoms with Crippen LogP contribution in [-0.2, 0) is 4.79 Å². The zero-order valence-corrected chi connectivity index (χ0v) is 22.7. The standard InChI is InChI=1S/C31H48O3/c1-18-9-12-27(4)15-16-29(6)21(24(27)20(18)3)17-19(2)25-28(5)13-11-23(32)31(8,26(33)34)22(28)10-14-30(25,29)7/h17-18,20,22-25,32H,2,9-16H2,1,3-8H3,(H,33,34)/t18-,20+,22-,23-,24+,25-,27-,28+,29-,30-,31-/m1/s1. The van der Waals surface area contributed by atoms with Crippen LogP contribution in [0.4, 0.5) is 0 Å². The number of allylic oxidation sites excluding steroid dienone is 3. The van der Waals surface area contributed by atoms with Gasteiger partial charge in [0.05, 0.1) is 11.5 Å². The first-order valence-corrected chi connectivity index (χ1v) is 14.0. The first kappa shape index (κ1) is 24.6. The fourth-order valence-electron chi connectivity index (χ4n) is 10.9. The molecular formula is C31H48O3. The van der Waals surface area contributed by atoms with Crippen molar-refractivity contribution in [1.29, 1.82) is 0 Å². The average molecular weight is 469 g/mol. The van der Waals surface area contributed by atoms with Gasteiger partial charge in [0, 0.05) is 0 Å². The highest BCUT2D eigenvalue weighted by Gasteiger charge is 2.70. The zero-order chi connectivity index (χ0) is 25.1. The normalized spacial score (nSPS) is 56.9. The SMILES string of the molecule is C=C1C=C2[C@@H]3[C@@H](C)[C@H](C)CC[C@]3(C)CC[C@@]2(C)[C@]2(C)CC[C@@H]3[C@](C)(CC[C@@H](O)[C@]3(C)C(=O)O)[C@@H]12. The Labute approximate surface area is 207 Å². The highest BCUT2D eigenvalue weighted by Crippen LogP contribution is 2.76. The summed E-state index contributed by atoms with van der Waals surface area (Å²) in [5.74, 6) is 1.46. The van der Waals surface area contributed by atoms with Gasteiger partial charge in [-0.05, 0) is 110 Å². The van der Waals surface area contributed by atoms with E-state index in [1.807, 2.05) is 6.92 Å². The van der Waals surface area contributed by atoms with Crippen molar-refractivity contribution in [2.24, 2.45) is 56.7 Å². The molecule has 3 nitrogen and oxygen atoms in total. The molecule has 190 valence electrons. The summed E-state index contributed by atoms with van der Waals surface area (Å²) in [4.78, 5) is 12.6. The van der Waals surface area contributed by atoms with Crippen molar-refractivity contribution >= 4 is 5.97 Å². The lowest BCUT2D eigenvalue weighted by Gasteiger charge is -2.71. The number of carboxylic acids is 1. The second-order valence-electron chi connectivity index (χ2n) is 14.6. The molecule has 11 atom stereocenters. The van der Waals surface area contributed by atoms with E-state index in [4.69, 9.17) is 6.58 Å². The summed E-state index contributed by atoms with van der Waals surface area (Å²) in [5, 5.41) is 21.2. The third-order valence-corrected chi connectivity index (χ3v) is 13.4. The van der Waals surface area contributed by atoms with Crippen LogP contribution in [0.15, 0.2) is 23.8 Å². The Morgan fingerprint density at radius 3 is 2.29 bits per heavy atom. The number of hydrogen-bond acceptors (Lipinski definition) is 2. The summed E-state index contributed by atoms with van der Waals surface area (Å²) in [6.07, 6.45) is 10.3. The lowest BCUT2D eigenvalue weighted by atomic mass is 9.33. The lowest BCUT2D eigenvalue weighted by molar-refractivity contribution is -0.209. The summed E-state index contributed by atoms with van der Waals surface area (Å²) in [6.45, 7) is 21.5. The Balaban J connectivity index is 1.65. The van der Waals surface area contributed by atoms with Crippen LogP contribution in [0, 0.1) is 56.7 Å². The Kier molecular flexibility index (Phi) is 5.23. The minimum Gasteiger partial charge on any atom is -0.481 e. The number of carbonyl (C=O) groups is 1. The number of aliphatic carboxylic acids is 1. The molecule has 4 fully saturated rings. The topological polar surface area (TPSA) is 57.5 Å². The highest BCUT2D eigenvalue weighted by atomic mass is 16.4. The van der Waals surface area contributed by atoms with Crippen molar-refractivity contribution in [1.82, 2.24) is 0 Å². The molecule has 0 aliphatic heterocycles. The minimum absolute atomic E-state index is 0.0305. The molecule has 2 N–H and O–H groups in total. The van der Waals surface area contributed by atoms with Gasteiger partial charge in [-0.1, -0.05) is 65.3 Å². The average Bonchev–Trinajstić information content (AvgIpc) is 2.75. The third-order valence-electron chi connectivity index (χ3n) is 13.4. The number of fused-ring (bicyclic) bond motifs is 7. The largest absolute Gasteiger partial charge is 0.481 e. The Morgan fingerprint density at radius 2 is 1.65 bits per heavy atom. The second-order valence-corrected chi connectivity index (χ2v) is 14.6. The van der Waals surface area contributed by atoms with Crippen molar-refractivity contribution in [2.75, 3.05) is 0 Å². The quantitative estimate of drug-likeness (QED) is 0.426. The van der Waals surface area contributed by atoms with E-state index in [1.54, 1.807) is 5.57 Å². The van der Waals surface area contributed by atoms with Crippen molar-refractivity contribution in [2.45, 2.75) is 106 Å². The first-order chi connectivity index (χ1) is 15.7. The van der Waals surface area contributed by atoms with Crippen molar-refractivity contribution in [3.8, 4) is 0 Å². The predicted molar refractivity (Wildman–Crippen MR) is 137 cm³/mol. The molecule has 0 radical (unpaired) electrons. The van der Waals surface area contributed by atoms with Gasteiger partial charge in [-0.25, -0.2) is 0 Å². The number of carboxylic acid groups (broad SMARTS) is 1. The van der Waals surface area contributed by atoms with Crippen LogP contribution >= 0.6 is 0 Å². The Bertz CT molecular complexity index is 950. The monoisotopic (exact) mass is 468 g/mol. The number of rotatable bonds is 1. The summed E-state index contributed by atoms with van der Waals surface area (Å²) < 4.78 is 0. The summed E-state index contributed by atoms with van der Waals surface area (Å²) in [5.41, 5.74) is 2.24. The van der Waals surface area contributed by atoms with Gasteiger partial charge < -0.3 is 10.2 Å². The number of aliphatic hydroxyl groups excluding tert-OH is 1. The smallest absolute Gasteiger partial charge is 0.312 e. The van der Waals surface area contributed by atoms with E-state index in [2.05, 4.69) is 47.6 Å². The predicted octanol–water partition coefficient (Wildman–Crippen LogP) is 7.26. The molecule has 3 heteroatoms. The summed E-state index contributed by atoms with van der Waals surface area (Å²) in [7, 11) is 0. The molecule has 0 heterocycles. The highest BCUT2D eigenvalue weighted by molar-refractivity contribution is 5.76. The number of hydrogen-bond donors (Lipinski definition) is 2. The van der Waals surface area contributed by atoms with Crippen LogP contribution < -0.4 is 0 Å². The maximum absolute atomic E-state index is 12.6. The molecule has 5 rings (SSSR count). The maximum atomic E-state index is 12.6. The summed E-state index contributed by atoms with van der Waals surface area (Å²) in [6, 6.07) is 0. The van der Waals surface area contributed by atoms with E-state index >= 15 is 0 Å². The fourth-order valence-corrected chi connectivity index (χ4v) is 10.9. The van der Waals surface area contributed by atoms with Crippen LogP contribution in [0.3, 0.4) is 0 Å². The van der Waals surface area contributed by atoms with Crippen molar-refractivity contribution in [3.05, 3.63) is 23.8 Å². The lowest BCUT2D eigenvalue weighted by Crippen LogP contribution is -2.66. The van der Waals surface area contributed by atoms with E-state index in [1.165, 1.54) is 31.3 Å². The van der Waals surface area contributed by atoms with Crippen LogP contribution in [-0.4, -0.2) is 22.3 Å². The molecule has 0 aromatic heterocycles. The van der Waals surface area contributed by atoms with Gasteiger partial charge in [-0.3, -0.25) is 4.79 Å². The molecule has 34 heavy (non-hydrogen) atoms. The molecule has 5 aliphatic rings. The molecule has 0 aromatic rings. The number of aliphatic hydroxyl groups is 1. The van der Waals surface area contributed by atoms with E-state index in [0.29, 0.717) is 23.7 Å². The van der Waals surface area contributed by atoms with Gasteiger partial charge >= 0.3 is 5.97 Å². The molecule has 0 saturated heterocycles. The van der Waals surface area contributed by atoms with Gasteiger partial charge in [-0.2, -0.15) is 0 Å². The van der Waals surface area contributed by atoms with Crippen LogP contribution in [0.25, 0.3) is 0 Å². The minimum atomic E-state index is -1.09. The van der Waals surface area contributed by atoms with Crippen LogP contribution in [0.5, 0.6) is 0 Å². The maximum Gasteiger partial charge on any atom is 0.312 e. The molecule has 0 unspecified atom stereocenters. The van der Waals surface area contributed by atoms with Gasteiger partial charge in [0.25, 0.3) is 0 Å². The van der Waals surface area contributed by atoms with E-state index in [-0.39, 0.29) is 28.1 Å². The fraction of sp³-hybridized carbons (Fsp3) is 0.839. The summed E-state index contributed by atoms with van der Waals surface area (Å²) >= 11 is 0. The molecule has 0 bridgehead atoms. The first-order valence-electron chi connectivity index (χ1n) is 14.0. The third kappa shape index (κ3) is 2.72. The van der Waals surface area contributed by atoms with Gasteiger partial charge in [-0.15, -0.1) is 0 Å². The molecular weight excluding hydrogens is 420 g/mol. The van der Waals surface area contributed by atoms with Crippen molar-refractivity contribution in [3.63, 3.8) is 0 Å². The molecule has 0 spiro atoms.